The fourth-order valence-corrected chi connectivity index (χ4v) is 2.01. The Hall–Kier alpha value is -1.26. The van der Waals surface area contributed by atoms with E-state index in [-0.39, 0.29) is 19.0 Å². The molecule has 0 saturated carbocycles. The van der Waals surface area contributed by atoms with E-state index >= 15 is 0 Å². The van der Waals surface area contributed by atoms with Crippen LogP contribution in [0.25, 0.3) is 0 Å². The minimum Gasteiger partial charge on any atom is -0.387 e. The number of carbonyl (C=O) groups is 1. The van der Waals surface area contributed by atoms with Crippen molar-refractivity contribution in [2.45, 2.75) is 31.0 Å². The molecule has 0 spiro atoms. The zero-order chi connectivity index (χ0) is 13.3. The van der Waals surface area contributed by atoms with Gasteiger partial charge >= 0.3 is 6.03 Å². The van der Waals surface area contributed by atoms with Gasteiger partial charge in [-0.25, -0.2) is 9.68 Å². The van der Waals surface area contributed by atoms with Crippen LogP contribution in [0.15, 0.2) is 4.99 Å². The molecule has 102 valence electrons. The Morgan fingerprint density at radius 3 is 2.83 bits per heavy atom. The van der Waals surface area contributed by atoms with Gasteiger partial charge in [-0.15, -0.1) is 0 Å². The van der Waals surface area contributed by atoms with Crippen LogP contribution < -0.4 is 5.73 Å². The summed E-state index contributed by atoms with van der Waals surface area (Å²) in [5.74, 6) is 0.222. The van der Waals surface area contributed by atoms with Crippen molar-refractivity contribution in [3.05, 3.63) is 0 Å². The minimum absolute atomic E-state index is 0.222. The van der Waals surface area contributed by atoms with Crippen molar-refractivity contribution >= 4 is 11.9 Å². The largest absolute Gasteiger partial charge is 0.387 e. The highest BCUT2D eigenvalue weighted by Gasteiger charge is 2.47. The lowest BCUT2D eigenvalue weighted by Gasteiger charge is -2.30. The first-order valence-electron chi connectivity index (χ1n) is 5.46. The summed E-state index contributed by atoms with van der Waals surface area (Å²) in [4.78, 5) is 20.2. The quantitative estimate of drug-likeness (QED) is 0.344. The number of aliphatic hydroxyl groups excluding tert-OH is 2. The third-order valence-corrected chi connectivity index (χ3v) is 2.98. The smallest absolute Gasteiger partial charge is 0.347 e. The molecular formula is C9H15N3O6. The molecule has 5 N–H and O–H groups in total. The molecule has 2 aliphatic rings. The molecule has 18 heavy (non-hydrogen) atoms. The predicted octanol–water partition coefficient (Wildman–Crippen LogP) is -1.89. The number of carbonyl (C=O) groups excluding carboxylic acids is 1. The Bertz CT molecular complexity index is 362. The van der Waals surface area contributed by atoms with E-state index in [9.17, 15) is 15.0 Å². The molecule has 9 nitrogen and oxygen atoms in total. The van der Waals surface area contributed by atoms with Gasteiger partial charge in [0.15, 0.2) is 6.23 Å². The van der Waals surface area contributed by atoms with E-state index < -0.39 is 30.6 Å². The number of hydrogen-bond acceptors (Lipinski definition) is 7. The highest BCUT2D eigenvalue weighted by molar-refractivity contribution is 5.95. The van der Waals surface area contributed by atoms with Crippen LogP contribution in [0.4, 0.5) is 4.79 Å². The first-order chi connectivity index (χ1) is 8.54. The van der Waals surface area contributed by atoms with Gasteiger partial charge in [-0.1, -0.05) is 0 Å². The molecule has 2 amide bonds. The Morgan fingerprint density at radius 1 is 1.50 bits per heavy atom. The molecule has 1 saturated heterocycles. The summed E-state index contributed by atoms with van der Waals surface area (Å²) in [6.07, 6.45) is -4.10. The lowest BCUT2D eigenvalue weighted by atomic mass is 10.1. The van der Waals surface area contributed by atoms with Gasteiger partial charge < -0.3 is 20.7 Å². The van der Waals surface area contributed by atoms with E-state index in [1.54, 1.807) is 0 Å². The van der Waals surface area contributed by atoms with Crippen LogP contribution in [-0.2, 0) is 9.62 Å². The molecule has 0 radical (unpaired) electrons. The lowest BCUT2D eigenvalue weighted by molar-refractivity contribution is -0.265. The Labute approximate surface area is 102 Å². The summed E-state index contributed by atoms with van der Waals surface area (Å²) in [6.45, 7) is -0.0581. The van der Waals surface area contributed by atoms with E-state index in [0.29, 0.717) is 6.42 Å². The number of aliphatic imine (C=N–C) groups is 1. The monoisotopic (exact) mass is 261 g/mol. The maximum Gasteiger partial charge on any atom is 0.347 e. The molecule has 9 heteroatoms. The van der Waals surface area contributed by atoms with Crippen molar-refractivity contribution in [2.75, 3.05) is 13.2 Å². The zero-order valence-electron chi connectivity index (χ0n) is 9.47. The van der Waals surface area contributed by atoms with Crippen LogP contribution in [0.1, 0.15) is 6.42 Å². The minimum atomic E-state index is -1.29. The molecule has 2 rings (SSSR count). The number of rotatable bonds is 3. The summed E-state index contributed by atoms with van der Waals surface area (Å²) in [6, 6.07) is -0.624. The van der Waals surface area contributed by atoms with E-state index in [2.05, 4.69) is 9.88 Å². The van der Waals surface area contributed by atoms with Crippen LogP contribution in [-0.4, -0.2) is 69.9 Å². The predicted molar refractivity (Wildman–Crippen MR) is 57.6 cm³/mol. The average Bonchev–Trinajstić information content (AvgIpc) is 2.58. The van der Waals surface area contributed by atoms with Gasteiger partial charge in [-0.2, -0.15) is 4.99 Å². The highest BCUT2D eigenvalue weighted by Crippen LogP contribution is 2.26. The van der Waals surface area contributed by atoms with Crippen molar-refractivity contribution in [3.63, 3.8) is 0 Å². The summed E-state index contributed by atoms with van der Waals surface area (Å²) in [5.41, 5.74) is 5.42. The molecule has 2 heterocycles. The topological polar surface area (TPSA) is 138 Å². The Balaban J connectivity index is 2.08. The summed E-state index contributed by atoms with van der Waals surface area (Å²) >= 11 is 0. The molecule has 0 aromatic rings. The SMILES string of the molecule is NC1=NC(=O)N([C@@H]2O[C@H](COO)[C@@H](O)[C@H]2O)CC1. The molecule has 1 fully saturated rings. The van der Waals surface area contributed by atoms with Crippen LogP contribution >= 0.6 is 0 Å². The van der Waals surface area contributed by atoms with Gasteiger partial charge in [-0.3, -0.25) is 10.2 Å². The Kier molecular flexibility index (Phi) is 3.78. The van der Waals surface area contributed by atoms with Crippen LogP contribution in [0, 0.1) is 0 Å². The second kappa shape index (κ2) is 5.16. The van der Waals surface area contributed by atoms with Gasteiger partial charge in [0.1, 0.15) is 30.8 Å². The van der Waals surface area contributed by atoms with E-state index in [0.717, 1.165) is 0 Å². The number of nitrogens with zero attached hydrogens (tertiary/aromatic N) is 2. The second-order valence-electron chi connectivity index (χ2n) is 4.17. The zero-order valence-corrected chi connectivity index (χ0v) is 9.47. The standard InChI is InChI=1S/C9H15N3O6/c10-5-1-2-12(9(15)11-5)8-7(14)6(13)4(18-8)3-17-16/h4,6-8,13-14,16H,1-3H2,(H2,10,11,15)/t4-,6-,7-,8-/m1/s1. The van der Waals surface area contributed by atoms with Gasteiger partial charge in [0, 0.05) is 13.0 Å². The fraction of sp³-hybridized carbons (Fsp3) is 0.778. The van der Waals surface area contributed by atoms with Gasteiger partial charge in [-0.05, 0) is 0 Å². The van der Waals surface area contributed by atoms with Gasteiger partial charge in [0.05, 0.1) is 0 Å². The maximum absolute atomic E-state index is 11.6. The first kappa shape index (κ1) is 13.2. The number of nitrogens with two attached hydrogens (primary N) is 1. The van der Waals surface area contributed by atoms with Crippen molar-refractivity contribution in [1.29, 1.82) is 0 Å². The highest BCUT2D eigenvalue weighted by atomic mass is 17.1. The third kappa shape index (κ3) is 2.31. The number of amidine groups is 1. The molecule has 0 aromatic carbocycles. The molecule has 0 aliphatic carbocycles. The number of urea groups is 1. The molecular weight excluding hydrogens is 246 g/mol. The number of hydrogen-bond donors (Lipinski definition) is 4. The number of ether oxygens (including phenoxy) is 1. The lowest BCUT2D eigenvalue weighted by Crippen LogP contribution is -2.49. The average molecular weight is 261 g/mol. The van der Waals surface area contributed by atoms with Crippen LogP contribution in [0.3, 0.4) is 0 Å². The van der Waals surface area contributed by atoms with Crippen LogP contribution in [0.2, 0.25) is 0 Å². The molecule has 2 aliphatic heterocycles. The summed E-state index contributed by atoms with van der Waals surface area (Å²) in [5, 5.41) is 27.8. The van der Waals surface area contributed by atoms with E-state index in [1.807, 2.05) is 0 Å². The van der Waals surface area contributed by atoms with E-state index in [1.165, 1.54) is 4.90 Å². The van der Waals surface area contributed by atoms with E-state index in [4.69, 9.17) is 15.7 Å². The number of amides is 2. The Morgan fingerprint density at radius 2 is 2.22 bits per heavy atom. The molecule has 4 atom stereocenters. The summed E-state index contributed by atoms with van der Waals surface area (Å²) in [7, 11) is 0. The summed E-state index contributed by atoms with van der Waals surface area (Å²) < 4.78 is 5.28. The van der Waals surface area contributed by atoms with Crippen molar-refractivity contribution in [1.82, 2.24) is 4.90 Å². The van der Waals surface area contributed by atoms with Crippen molar-refractivity contribution in [3.8, 4) is 0 Å². The number of aliphatic hydroxyl groups is 2. The van der Waals surface area contributed by atoms with Gasteiger partial charge in [0.25, 0.3) is 0 Å². The van der Waals surface area contributed by atoms with Crippen molar-refractivity contribution < 1.29 is 29.9 Å². The maximum atomic E-state index is 11.6. The first-order valence-corrected chi connectivity index (χ1v) is 5.46. The molecule has 0 bridgehead atoms. The molecule has 0 unspecified atom stereocenters. The van der Waals surface area contributed by atoms with Crippen molar-refractivity contribution in [2.24, 2.45) is 10.7 Å². The fourth-order valence-electron chi connectivity index (χ4n) is 2.01. The third-order valence-electron chi connectivity index (χ3n) is 2.98. The van der Waals surface area contributed by atoms with Crippen LogP contribution in [0.5, 0.6) is 0 Å². The molecule has 0 aromatic heterocycles. The van der Waals surface area contributed by atoms with Gasteiger partial charge in [0.2, 0.25) is 0 Å². The normalized spacial score (nSPS) is 36.9. The second-order valence-corrected chi connectivity index (χ2v) is 4.17.